The third-order valence-electron chi connectivity index (χ3n) is 5.20. The number of carbonyl (C=O) groups excluding carboxylic acids is 2. The van der Waals surface area contributed by atoms with Gasteiger partial charge >= 0.3 is 6.03 Å². The third-order valence-corrected chi connectivity index (χ3v) is 5.20. The van der Waals surface area contributed by atoms with Crippen LogP contribution in [0.25, 0.3) is 10.9 Å². The van der Waals surface area contributed by atoms with E-state index in [1.54, 1.807) is 4.90 Å². The predicted octanol–water partition coefficient (Wildman–Crippen LogP) is 2.67. The fourth-order valence-electron chi connectivity index (χ4n) is 4.06. The smallest absolute Gasteiger partial charge is 0.325 e. The minimum atomic E-state index is -0.962. The zero-order chi connectivity index (χ0) is 16.3. The molecule has 3 heterocycles. The molecule has 2 aliphatic heterocycles. The molecule has 118 valence electrons. The third kappa shape index (κ3) is 1.53. The molecule has 0 radical (unpaired) electrons. The Hall–Kier alpha value is -3.08. The van der Waals surface area contributed by atoms with Crippen LogP contribution in [0, 0.1) is 0 Å². The van der Waals surface area contributed by atoms with Gasteiger partial charge in [0.25, 0.3) is 5.91 Å². The number of nitrogens with one attached hydrogen (secondary N) is 2. The number of urea groups is 1. The maximum absolute atomic E-state index is 12.8. The summed E-state index contributed by atoms with van der Waals surface area (Å²) in [6.07, 6.45) is 0.480. The summed E-state index contributed by atoms with van der Waals surface area (Å²) in [6, 6.07) is 17.3. The standard InChI is InChI=1S/C19H15N3O2/c23-17-19(12-6-2-1-3-7-12)10-14-13-8-4-5-9-15(13)20-16(14)11-22(19)18(24)21-17/h1-9,20H,10-11H2,(H,21,23,24). The zero-order valence-electron chi connectivity index (χ0n) is 12.9. The molecule has 5 nitrogen and oxygen atoms in total. The number of H-pyrrole nitrogens is 1. The highest BCUT2D eigenvalue weighted by Gasteiger charge is 2.56. The summed E-state index contributed by atoms with van der Waals surface area (Å²) in [5.41, 5.74) is 3.06. The van der Waals surface area contributed by atoms with Gasteiger partial charge in [-0.1, -0.05) is 48.5 Å². The van der Waals surface area contributed by atoms with Crippen molar-refractivity contribution in [3.05, 3.63) is 71.4 Å². The summed E-state index contributed by atoms with van der Waals surface area (Å²) in [4.78, 5) is 30.3. The first-order valence-electron chi connectivity index (χ1n) is 7.97. The van der Waals surface area contributed by atoms with E-state index in [-0.39, 0.29) is 11.9 Å². The molecule has 1 unspecified atom stereocenters. The quantitative estimate of drug-likeness (QED) is 0.678. The molecule has 1 saturated heterocycles. The first-order valence-corrected chi connectivity index (χ1v) is 7.97. The van der Waals surface area contributed by atoms with Crippen LogP contribution in [0.4, 0.5) is 4.79 Å². The van der Waals surface area contributed by atoms with E-state index in [9.17, 15) is 9.59 Å². The van der Waals surface area contributed by atoms with Gasteiger partial charge in [-0.3, -0.25) is 15.0 Å². The normalized spacial score (nSPS) is 22.4. The molecule has 3 amide bonds. The van der Waals surface area contributed by atoms with Crippen LogP contribution in [0.1, 0.15) is 16.8 Å². The lowest BCUT2D eigenvalue weighted by Crippen LogP contribution is -2.50. The van der Waals surface area contributed by atoms with E-state index in [1.165, 1.54) is 0 Å². The van der Waals surface area contributed by atoms with E-state index >= 15 is 0 Å². The number of hydrogen-bond donors (Lipinski definition) is 2. The van der Waals surface area contributed by atoms with E-state index in [4.69, 9.17) is 0 Å². The van der Waals surface area contributed by atoms with Crippen molar-refractivity contribution >= 4 is 22.8 Å². The largest absolute Gasteiger partial charge is 0.357 e. The van der Waals surface area contributed by atoms with Crippen molar-refractivity contribution in [1.29, 1.82) is 0 Å². The number of amides is 3. The zero-order valence-corrected chi connectivity index (χ0v) is 12.9. The van der Waals surface area contributed by atoms with Gasteiger partial charge < -0.3 is 4.98 Å². The predicted molar refractivity (Wildman–Crippen MR) is 89.2 cm³/mol. The van der Waals surface area contributed by atoms with Gasteiger partial charge in [0.2, 0.25) is 0 Å². The van der Waals surface area contributed by atoms with Crippen molar-refractivity contribution < 1.29 is 9.59 Å². The summed E-state index contributed by atoms with van der Waals surface area (Å²) < 4.78 is 0. The lowest BCUT2D eigenvalue weighted by Gasteiger charge is -2.39. The number of aromatic nitrogens is 1. The molecule has 5 heteroatoms. The van der Waals surface area contributed by atoms with Crippen molar-refractivity contribution in [2.24, 2.45) is 0 Å². The molecule has 0 aliphatic carbocycles. The summed E-state index contributed by atoms with van der Waals surface area (Å²) in [5.74, 6) is -0.241. The number of para-hydroxylation sites is 1. The minimum Gasteiger partial charge on any atom is -0.357 e. The molecule has 1 aromatic heterocycles. The van der Waals surface area contributed by atoms with E-state index in [1.807, 2.05) is 48.5 Å². The van der Waals surface area contributed by atoms with Crippen LogP contribution in [0.2, 0.25) is 0 Å². The summed E-state index contributed by atoms with van der Waals surface area (Å²) >= 11 is 0. The highest BCUT2D eigenvalue weighted by Crippen LogP contribution is 2.43. The Morgan fingerprint density at radius 2 is 1.71 bits per heavy atom. The Kier molecular flexibility index (Phi) is 2.49. The summed E-state index contributed by atoms with van der Waals surface area (Å²) in [6.45, 7) is 0.399. The Labute approximate surface area is 138 Å². The molecule has 0 spiro atoms. The lowest BCUT2D eigenvalue weighted by molar-refractivity contribution is -0.127. The van der Waals surface area contributed by atoms with Crippen molar-refractivity contribution in [2.45, 2.75) is 18.5 Å². The fourth-order valence-corrected chi connectivity index (χ4v) is 4.06. The van der Waals surface area contributed by atoms with Gasteiger partial charge in [-0.25, -0.2) is 4.79 Å². The summed E-state index contributed by atoms with van der Waals surface area (Å²) in [5, 5.41) is 3.63. The number of imide groups is 1. The maximum Gasteiger partial charge on any atom is 0.325 e. The van der Waals surface area contributed by atoms with Crippen LogP contribution in [0.15, 0.2) is 54.6 Å². The number of hydrogen-bond acceptors (Lipinski definition) is 2. The van der Waals surface area contributed by atoms with Crippen LogP contribution in [0.5, 0.6) is 0 Å². The summed E-state index contributed by atoms with van der Waals surface area (Å²) in [7, 11) is 0. The Balaban J connectivity index is 1.78. The van der Waals surface area contributed by atoms with Crippen molar-refractivity contribution in [3.8, 4) is 0 Å². The number of benzene rings is 2. The van der Waals surface area contributed by atoms with Gasteiger partial charge in [0.1, 0.15) is 0 Å². The van der Waals surface area contributed by atoms with Gasteiger partial charge in [0, 0.05) is 23.0 Å². The van der Waals surface area contributed by atoms with Crippen LogP contribution in [-0.2, 0) is 23.3 Å². The number of rotatable bonds is 1. The highest BCUT2D eigenvalue weighted by atomic mass is 16.2. The molecule has 2 aromatic carbocycles. The molecule has 2 N–H and O–H groups in total. The molecule has 1 atom stereocenters. The average Bonchev–Trinajstić information content (AvgIpc) is 3.09. The Morgan fingerprint density at radius 3 is 2.54 bits per heavy atom. The van der Waals surface area contributed by atoms with Crippen molar-refractivity contribution in [3.63, 3.8) is 0 Å². The monoisotopic (exact) mass is 317 g/mol. The molecular formula is C19H15N3O2. The van der Waals surface area contributed by atoms with E-state index in [2.05, 4.69) is 16.4 Å². The number of nitrogens with zero attached hydrogens (tertiary/aromatic N) is 1. The van der Waals surface area contributed by atoms with Gasteiger partial charge in [-0.15, -0.1) is 0 Å². The minimum absolute atomic E-state index is 0.241. The molecular weight excluding hydrogens is 302 g/mol. The van der Waals surface area contributed by atoms with Crippen LogP contribution >= 0.6 is 0 Å². The Morgan fingerprint density at radius 1 is 0.958 bits per heavy atom. The van der Waals surface area contributed by atoms with Crippen molar-refractivity contribution in [2.75, 3.05) is 0 Å². The number of fused-ring (bicyclic) bond motifs is 4. The molecule has 0 saturated carbocycles. The van der Waals surface area contributed by atoms with Gasteiger partial charge in [-0.05, 0) is 17.2 Å². The van der Waals surface area contributed by atoms with Gasteiger partial charge in [0.15, 0.2) is 5.54 Å². The second kappa shape index (κ2) is 4.47. The SMILES string of the molecule is O=C1NC(=O)C2(c3ccccc3)Cc3c([nH]c4ccccc34)CN12. The van der Waals surface area contributed by atoms with Crippen LogP contribution in [-0.4, -0.2) is 21.8 Å². The van der Waals surface area contributed by atoms with E-state index in [0.29, 0.717) is 13.0 Å². The Bertz CT molecular complexity index is 992. The first kappa shape index (κ1) is 13.4. The second-order valence-electron chi connectivity index (χ2n) is 6.38. The van der Waals surface area contributed by atoms with E-state index in [0.717, 1.165) is 27.7 Å². The average molecular weight is 317 g/mol. The molecule has 2 aliphatic rings. The molecule has 5 rings (SSSR count). The molecule has 1 fully saturated rings. The number of aromatic amines is 1. The highest BCUT2D eigenvalue weighted by molar-refractivity contribution is 6.08. The van der Waals surface area contributed by atoms with Crippen LogP contribution in [0.3, 0.4) is 0 Å². The topological polar surface area (TPSA) is 65.2 Å². The van der Waals surface area contributed by atoms with E-state index < -0.39 is 5.54 Å². The lowest BCUT2D eigenvalue weighted by atomic mass is 9.79. The molecule has 24 heavy (non-hydrogen) atoms. The van der Waals surface area contributed by atoms with Crippen molar-refractivity contribution in [1.82, 2.24) is 15.2 Å². The fraction of sp³-hybridized carbons (Fsp3) is 0.158. The second-order valence-corrected chi connectivity index (χ2v) is 6.38. The van der Waals surface area contributed by atoms with Gasteiger partial charge in [0.05, 0.1) is 6.54 Å². The molecule has 3 aromatic rings. The maximum atomic E-state index is 12.8. The molecule has 0 bridgehead atoms. The first-order chi connectivity index (χ1) is 11.7. The van der Waals surface area contributed by atoms with Crippen LogP contribution < -0.4 is 5.32 Å². The number of carbonyl (C=O) groups is 2. The van der Waals surface area contributed by atoms with Gasteiger partial charge in [-0.2, -0.15) is 0 Å².